The van der Waals surface area contributed by atoms with E-state index in [1.807, 2.05) is 0 Å². The molecule has 0 saturated carbocycles. The average Bonchev–Trinajstić information content (AvgIpc) is 2.44. The van der Waals surface area contributed by atoms with Crippen molar-refractivity contribution in [3.05, 3.63) is 52.6 Å². The van der Waals surface area contributed by atoms with E-state index in [1.54, 1.807) is 19.2 Å². The van der Waals surface area contributed by atoms with Gasteiger partial charge in [0.1, 0.15) is 0 Å². The molecule has 0 unspecified atom stereocenters. The fourth-order valence-corrected chi connectivity index (χ4v) is 1.80. The first-order valence-corrected chi connectivity index (χ1v) is 6.16. The number of nitrogens with zero attached hydrogens (tertiary/aromatic N) is 1. The number of aryl methyl sites for hydroxylation is 1. The van der Waals surface area contributed by atoms with Gasteiger partial charge in [-0.05, 0) is 31.2 Å². The normalized spacial score (nSPS) is 10.2. The minimum atomic E-state index is -0.526. The first-order chi connectivity index (χ1) is 9.52. The minimum absolute atomic E-state index is 0.00894. The second kappa shape index (κ2) is 5.88. The van der Waals surface area contributed by atoms with Crippen LogP contribution in [-0.2, 0) is 0 Å². The number of methoxy groups -OCH3 is 1. The number of hydrogen-bond donors (Lipinski definition) is 1. The van der Waals surface area contributed by atoms with Gasteiger partial charge in [-0.2, -0.15) is 0 Å². The van der Waals surface area contributed by atoms with Gasteiger partial charge < -0.3 is 10.1 Å². The topological polar surface area (TPSA) is 51.2 Å². The van der Waals surface area contributed by atoms with E-state index in [2.05, 4.69) is 10.3 Å². The van der Waals surface area contributed by atoms with Crippen molar-refractivity contribution in [3.63, 3.8) is 0 Å². The Balaban J connectivity index is 2.26. The van der Waals surface area contributed by atoms with Crippen LogP contribution in [0, 0.1) is 12.7 Å². The highest BCUT2D eigenvalue weighted by Gasteiger charge is 2.12. The Kier molecular flexibility index (Phi) is 4.20. The van der Waals surface area contributed by atoms with Crippen LogP contribution in [0.3, 0.4) is 0 Å². The zero-order valence-electron chi connectivity index (χ0n) is 10.9. The Labute approximate surface area is 120 Å². The molecule has 1 heterocycles. The molecule has 1 N–H and O–H groups in total. The molecule has 0 spiro atoms. The first-order valence-electron chi connectivity index (χ1n) is 5.79. The third-order valence-electron chi connectivity index (χ3n) is 2.73. The van der Waals surface area contributed by atoms with Crippen molar-refractivity contribution in [2.24, 2.45) is 0 Å². The molecule has 2 aromatic rings. The SMILES string of the molecule is COc1cc(C(=O)Nc2ccnc(C)c2Cl)ccc1F. The summed E-state index contributed by atoms with van der Waals surface area (Å²) in [6.45, 7) is 1.74. The van der Waals surface area contributed by atoms with Crippen molar-refractivity contribution in [1.29, 1.82) is 0 Å². The van der Waals surface area contributed by atoms with Gasteiger partial charge in [-0.25, -0.2) is 4.39 Å². The highest BCUT2D eigenvalue weighted by Crippen LogP contribution is 2.25. The van der Waals surface area contributed by atoms with E-state index >= 15 is 0 Å². The molecule has 2 rings (SSSR count). The van der Waals surface area contributed by atoms with Crippen LogP contribution in [0.2, 0.25) is 5.02 Å². The molecule has 0 saturated heterocycles. The maximum Gasteiger partial charge on any atom is 0.255 e. The lowest BCUT2D eigenvalue weighted by Gasteiger charge is -2.09. The molecular formula is C14H12ClFN2O2. The van der Waals surface area contributed by atoms with E-state index in [0.717, 1.165) is 0 Å². The zero-order valence-corrected chi connectivity index (χ0v) is 11.7. The molecule has 104 valence electrons. The smallest absolute Gasteiger partial charge is 0.255 e. The summed E-state index contributed by atoms with van der Waals surface area (Å²) in [5.74, 6) is -0.924. The monoisotopic (exact) mass is 294 g/mol. The lowest BCUT2D eigenvalue weighted by Crippen LogP contribution is -2.13. The number of carbonyl (C=O) groups is 1. The van der Waals surface area contributed by atoms with Gasteiger partial charge in [0.15, 0.2) is 11.6 Å². The van der Waals surface area contributed by atoms with Crippen molar-refractivity contribution in [3.8, 4) is 5.75 Å². The van der Waals surface area contributed by atoms with Crippen molar-refractivity contribution in [2.45, 2.75) is 6.92 Å². The average molecular weight is 295 g/mol. The molecule has 0 fully saturated rings. The van der Waals surface area contributed by atoms with Gasteiger partial charge in [-0.1, -0.05) is 11.6 Å². The number of pyridine rings is 1. The Morgan fingerprint density at radius 2 is 2.15 bits per heavy atom. The summed E-state index contributed by atoms with van der Waals surface area (Å²) in [6.07, 6.45) is 1.54. The number of rotatable bonds is 3. The van der Waals surface area contributed by atoms with Crippen molar-refractivity contribution >= 4 is 23.2 Å². The Morgan fingerprint density at radius 1 is 1.40 bits per heavy atom. The number of carbonyl (C=O) groups excluding carboxylic acids is 1. The highest BCUT2D eigenvalue weighted by atomic mass is 35.5. The predicted octanol–water partition coefficient (Wildman–Crippen LogP) is 3.44. The predicted molar refractivity (Wildman–Crippen MR) is 74.9 cm³/mol. The summed E-state index contributed by atoms with van der Waals surface area (Å²) in [6, 6.07) is 5.46. The molecule has 1 aromatic carbocycles. The zero-order chi connectivity index (χ0) is 14.7. The lowest BCUT2D eigenvalue weighted by atomic mass is 10.2. The second-order valence-corrected chi connectivity index (χ2v) is 4.44. The van der Waals surface area contributed by atoms with Gasteiger partial charge in [0.25, 0.3) is 5.91 Å². The van der Waals surface area contributed by atoms with E-state index in [1.165, 1.54) is 25.3 Å². The number of amides is 1. The molecule has 1 aromatic heterocycles. The van der Waals surface area contributed by atoms with Gasteiger partial charge in [0, 0.05) is 11.8 Å². The van der Waals surface area contributed by atoms with E-state index < -0.39 is 11.7 Å². The van der Waals surface area contributed by atoms with Gasteiger partial charge in [-0.3, -0.25) is 9.78 Å². The van der Waals surface area contributed by atoms with Crippen LogP contribution in [0.15, 0.2) is 30.5 Å². The molecule has 6 heteroatoms. The molecule has 0 aliphatic carbocycles. The van der Waals surface area contributed by atoms with Crippen LogP contribution in [0.1, 0.15) is 16.1 Å². The van der Waals surface area contributed by atoms with Crippen LogP contribution in [0.25, 0.3) is 0 Å². The summed E-state index contributed by atoms with van der Waals surface area (Å²) >= 11 is 6.05. The number of anilines is 1. The second-order valence-electron chi connectivity index (χ2n) is 4.06. The third-order valence-corrected chi connectivity index (χ3v) is 3.20. The quantitative estimate of drug-likeness (QED) is 0.943. The highest BCUT2D eigenvalue weighted by molar-refractivity contribution is 6.34. The number of benzene rings is 1. The maximum absolute atomic E-state index is 13.3. The fraction of sp³-hybridized carbons (Fsp3) is 0.143. The Bertz CT molecular complexity index is 662. The first kappa shape index (κ1) is 14.3. The standard InChI is InChI=1S/C14H12ClFN2O2/c1-8-13(15)11(5-6-17-8)18-14(19)9-3-4-10(16)12(7-9)20-2/h3-7H,1-2H3,(H,17,18,19). The molecule has 0 bridgehead atoms. The number of halogens is 2. The van der Waals surface area contributed by atoms with E-state index in [0.29, 0.717) is 16.4 Å². The number of hydrogen-bond acceptors (Lipinski definition) is 3. The summed E-state index contributed by atoms with van der Waals surface area (Å²) in [5.41, 5.74) is 1.34. The molecular weight excluding hydrogens is 283 g/mol. The Morgan fingerprint density at radius 3 is 2.85 bits per heavy atom. The largest absolute Gasteiger partial charge is 0.494 e. The summed E-state index contributed by atoms with van der Waals surface area (Å²) in [4.78, 5) is 16.1. The summed E-state index contributed by atoms with van der Waals surface area (Å²) in [7, 11) is 1.34. The van der Waals surface area contributed by atoms with Gasteiger partial charge in [0.05, 0.1) is 23.5 Å². The van der Waals surface area contributed by atoms with Crippen molar-refractivity contribution in [2.75, 3.05) is 12.4 Å². The molecule has 4 nitrogen and oxygen atoms in total. The van der Waals surface area contributed by atoms with Crippen LogP contribution < -0.4 is 10.1 Å². The Hall–Kier alpha value is -2.14. The molecule has 0 aliphatic rings. The van der Waals surface area contributed by atoms with Gasteiger partial charge in [0.2, 0.25) is 0 Å². The van der Waals surface area contributed by atoms with Crippen LogP contribution in [0.5, 0.6) is 5.75 Å². The summed E-state index contributed by atoms with van der Waals surface area (Å²) < 4.78 is 18.1. The number of ether oxygens (including phenoxy) is 1. The minimum Gasteiger partial charge on any atom is -0.494 e. The van der Waals surface area contributed by atoms with Crippen LogP contribution in [-0.4, -0.2) is 18.0 Å². The summed E-state index contributed by atoms with van der Waals surface area (Å²) in [5, 5.41) is 3.02. The molecule has 1 amide bonds. The molecule has 20 heavy (non-hydrogen) atoms. The molecule has 0 radical (unpaired) electrons. The number of nitrogens with one attached hydrogen (secondary N) is 1. The van der Waals surface area contributed by atoms with E-state index in [4.69, 9.17) is 16.3 Å². The van der Waals surface area contributed by atoms with Crippen LogP contribution in [0.4, 0.5) is 10.1 Å². The fourth-order valence-electron chi connectivity index (χ4n) is 1.64. The van der Waals surface area contributed by atoms with Gasteiger partial charge in [-0.15, -0.1) is 0 Å². The van der Waals surface area contributed by atoms with Crippen LogP contribution >= 0.6 is 11.6 Å². The van der Waals surface area contributed by atoms with E-state index in [-0.39, 0.29) is 11.3 Å². The molecule has 0 aliphatic heterocycles. The maximum atomic E-state index is 13.3. The molecule has 0 atom stereocenters. The van der Waals surface area contributed by atoms with Crippen molar-refractivity contribution in [1.82, 2.24) is 4.98 Å². The third kappa shape index (κ3) is 2.88. The van der Waals surface area contributed by atoms with E-state index in [9.17, 15) is 9.18 Å². The lowest BCUT2D eigenvalue weighted by molar-refractivity contribution is 0.102. The van der Waals surface area contributed by atoms with Gasteiger partial charge >= 0.3 is 0 Å². The van der Waals surface area contributed by atoms with Crippen molar-refractivity contribution < 1.29 is 13.9 Å². The number of aromatic nitrogens is 1.